The van der Waals surface area contributed by atoms with Crippen LogP contribution in [0.2, 0.25) is 0 Å². The second kappa shape index (κ2) is 6.65. The van der Waals surface area contributed by atoms with E-state index in [4.69, 9.17) is 0 Å². The fourth-order valence-corrected chi connectivity index (χ4v) is 1.53. The number of carbonyl (C=O) groups is 1. The summed E-state index contributed by atoms with van der Waals surface area (Å²) >= 11 is 0. The minimum Gasteiger partial charge on any atom is -0.372 e. The molecular weight excluding hydrogens is 264 g/mol. The van der Waals surface area contributed by atoms with Crippen LogP contribution in [0.15, 0.2) is 18.2 Å². The maximum Gasteiger partial charge on any atom is 0.411 e. The Balaban J connectivity index is 2.35. The number of ether oxygens (including phenoxy) is 1. The molecule has 1 aromatic rings. The number of ketones is 1. The van der Waals surface area contributed by atoms with Crippen molar-refractivity contribution in [2.45, 2.75) is 25.9 Å². The van der Waals surface area contributed by atoms with E-state index in [0.717, 1.165) is 0 Å². The van der Waals surface area contributed by atoms with Crippen molar-refractivity contribution in [3.63, 3.8) is 0 Å². The number of rotatable bonds is 6. The molecule has 6 heteroatoms. The second-order valence-electron chi connectivity index (χ2n) is 4.20. The molecule has 0 unspecified atom stereocenters. The van der Waals surface area contributed by atoms with Crippen molar-refractivity contribution in [3.8, 4) is 0 Å². The molecule has 0 saturated carbocycles. The van der Waals surface area contributed by atoms with Crippen LogP contribution in [0, 0.1) is 12.7 Å². The normalized spacial score (nSPS) is 11.6. The molecule has 0 aliphatic rings. The number of carbonyl (C=O) groups excluding carboxylic acids is 1. The van der Waals surface area contributed by atoms with Crippen LogP contribution >= 0.6 is 0 Å². The largest absolute Gasteiger partial charge is 0.411 e. The van der Waals surface area contributed by atoms with Gasteiger partial charge >= 0.3 is 6.18 Å². The van der Waals surface area contributed by atoms with Crippen LogP contribution in [0.25, 0.3) is 0 Å². The lowest BCUT2D eigenvalue weighted by Gasteiger charge is -2.08. The molecule has 1 aromatic carbocycles. The fourth-order valence-electron chi connectivity index (χ4n) is 1.53. The maximum atomic E-state index is 12.8. The highest BCUT2D eigenvalue weighted by molar-refractivity contribution is 5.81. The van der Waals surface area contributed by atoms with Crippen molar-refractivity contribution < 1.29 is 27.1 Å². The first-order chi connectivity index (χ1) is 8.78. The van der Waals surface area contributed by atoms with Gasteiger partial charge in [-0.3, -0.25) is 4.79 Å². The minimum atomic E-state index is -4.38. The van der Waals surface area contributed by atoms with Crippen LogP contribution in [0.4, 0.5) is 17.6 Å². The second-order valence-corrected chi connectivity index (χ2v) is 4.20. The van der Waals surface area contributed by atoms with Crippen LogP contribution in [-0.4, -0.2) is 25.2 Å². The predicted molar refractivity (Wildman–Crippen MR) is 61.3 cm³/mol. The minimum absolute atomic E-state index is 0.0709. The van der Waals surface area contributed by atoms with E-state index in [1.807, 2.05) is 0 Å². The van der Waals surface area contributed by atoms with Gasteiger partial charge in [0.25, 0.3) is 0 Å². The Morgan fingerprint density at radius 2 is 2.00 bits per heavy atom. The molecule has 0 radical (unpaired) electrons. The summed E-state index contributed by atoms with van der Waals surface area (Å²) in [5.41, 5.74) is 1.31. The van der Waals surface area contributed by atoms with Gasteiger partial charge < -0.3 is 4.74 Å². The number of aryl methyl sites for hydroxylation is 1. The SMILES string of the molecule is Cc1cc(F)ccc1CC(=O)CCOCC(F)(F)F. The van der Waals surface area contributed by atoms with Crippen molar-refractivity contribution in [1.82, 2.24) is 0 Å². The molecular formula is C13H14F4O2. The topological polar surface area (TPSA) is 26.3 Å². The number of hydrogen-bond acceptors (Lipinski definition) is 2. The van der Waals surface area contributed by atoms with Gasteiger partial charge in [-0.1, -0.05) is 6.07 Å². The van der Waals surface area contributed by atoms with E-state index >= 15 is 0 Å². The maximum absolute atomic E-state index is 12.8. The molecule has 0 N–H and O–H groups in total. The molecule has 106 valence electrons. The number of benzene rings is 1. The van der Waals surface area contributed by atoms with Crippen LogP contribution in [-0.2, 0) is 16.0 Å². The fraction of sp³-hybridized carbons (Fsp3) is 0.462. The van der Waals surface area contributed by atoms with Crippen molar-refractivity contribution in [2.24, 2.45) is 0 Å². The Hall–Kier alpha value is -1.43. The summed E-state index contributed by atoms with van der Waals surface area (Å²) in [6.45, 7) is 0.0558. The Morgan fingerprint density at radius 3 is 2.58 bits per heavy atom. The Morgan fingerprint density at radius 1 is 1.32 bits per heavy atom. The van der Waals surface area contributed by atoms with Gasteiger partial charge in [-0.25, -0.2) is 4.39 Å². The summed E-state index contributed by atoms with van der Waals surface area (Å²) in [6, 6.07) is 4.05. The van der Waals surface area contributed by atoms with E-state index in [9.17, 15) is 22.4 Å². The zero-order chi connectivity index (χ0) is 14.5. The quantitative estimate of drug-likeness (QED) is 0.590. The van der Waals surface area contributed by atoms with Crippen LogP contribution in [0.5, 0.6) is 0 Å². The van der Waals surface area contributed by atoms with Gasteiger partial charge in [0.1, 0.15) is 18.2 Å². The van der Waals surface area contributed by atoms with E-state index in [2.05, 4.69) is 4.74 Å². The molecule has 2 nitrogen and oxygen atoms in total. The monoisotopic (exact) mass is 278 g/mol. The first kappa shape index (κ1) is 15.6. The molecule has 0 aliphatic heterocycles. The van der Waals surface area contributed by atoms with E-state index in [0.29, 0.717) is 11.1 Å². The van der Waals surface area contributed by atoms with Crippen molar-refractivity contribution in [1.29, 1.82) is 0 Å². The molecule has 0 saturated heterocycles. The molecule has 1 rings (SSSR count). The number of hydrogen-bond donors (Lipinski definition) is 0. The van der Waals surface area contributed by atoms with Crippen molar-refractivity contribution in [3.05, 3.63) is 35.1 Å². The van der Waals surface area contributed by atoms with Crippen LogP contribution < -0.4 is 0 Å². The molecule has 19 heavy (non-hydrogen) atoms. The Kier molecular flexibility index (Phi) is 5.47. The lowest BCUT2D eigenvalue weighted by molar-refractivity contribution is -0.174. The van der Waals surface area contributed by atoms with E-state index in [1.165, 1.54) is 18.2 Å². The summed E-state index contributed by atoms with van der Waals surface area (Å²) in [5.74, 6) is -0.626. The van der Waals surface area contributed by atoms with E-state index < -0.39 is 12.8 Å². The Labute approximate surface area is 108 Å². The first-order valence-corrected chi connectivity index (χ1v) is 5.69. The third kappa shape index (κ3) is 6.33. The highest BCUT2D eigenvalue weighted by Crippen LogP contribution is 2.15. The highest BCUT2D eigenvalue weighted by Gasteiger charge is 2.27. The van der Waals surface area contributed by atoms with E-state index in [-0.39, 0.29) is 31.0 Å². The molecule has 0 aromatic heterocycles. The highest BCUT2D eigenvalue weighted by atomic mass is 19.4. The summed E-state index contributed by atoms with van der Waals surface area (Å²) in [4.78, 5) is 11.5. The molecule has 0 spiro atoms. The molecule has 0 heterocycles. The van der Waals surface area contributed by atoms with Gasteiger partial charge in [-0.2, -0.15) is 13.2 Å². The lowest BCUT2D eigenvalue weighted by atomic mass is 10.0. The average molecular weight is 278 g/mol. The standard InChI is InChI=1S/C13H14F4O2/c1-9-6-11(14)3-2-10(9)7-12(18)4-5-19-8-13(15,16)17/h2-3,6H,4-5,7-8H2,1H3. The van der Waals surface area contributed by atoms with Gasteiger partial charge in [-0.15, -0.1) is 0 Å². The average Bonchev–Trinajstić information content (AvgIpc) is 2.27. The molecule has 0 atom stereocenters. The Bertz CT molecular complexity index is 441. The lowest BCUT2D eigenvalue weighted by Crippen LogP contribution is -2.18. The van der Waals surface area contributed by atoms with Gasteiger partial charge in [0.2, 0.25) is 0 Å². The molecule has 0 fully saturated rings. The zero-order valence-electron chi connectivity index (χ0n) is 10.4. The summed E-state index contributed by atoms with van der Waals surface area (Å²) in [5, 5.41) is 0. The van der Waals surface area contributed by atoms with Crippen LogP contribution in [0.1, 0.15) is 17.5 Å². The van der Waals surface area contributed by atoms with Crippen LogP contribution in [0.3, 0.4) is 0 Å². The third-order valence-electron chi connectivity index (χ3n) is 2.48. The molecule has 0 aliphatic carbocycles. The number of Topliss-reactive ketones (excluding diaryl/α,β-unsaturated/α-hetero) is 1. The summed E-state index contributed by atoms with van der Waals surface area (Å²) in [6.07, 6.45) is -4.40. The van der Waals surface area contributed by atoms with Crippen molar-refractivity contribution in [2.75, 3.05) is 13.2 Å². The van der Waals surface area contributed by atoms with E-state index in [1.54, 1.807) is 6.92 Å². The third-order valence-corrected chi connectivity index (χ3v) is 2.48. The number of alkyl halides is 3. The molecule has 0 bridgehead atoms. The summed E-state index contributed by atoms with van der Waals surface area (Å²) < 4.78 is 52.5. The first-order valence-electron chi connectivity index (χ1n) is 5.69. The van der Waals surface area contributed by atoms with Gasteiger partial charge in [0.05, 0.1) is 6.61 Å². The van der Waals surface area contributed by atoms with Gasteiger partial charge in [0, 0.05) is 12.8 Å². The molecule has 0 amide bonds. The van der Waals surface area contributed by atoms with Gasteiger partial charge in [0.15, 0.2) is 0 Å². The smallest absolute Gasteiger partial charge is 0.372 e. The van der Waals surface area contributed by atoms with Gasteiger partial charge in [-0.05, 0) is 30.2 Å². The zero-order valence-corrected chi connectivity index (χ0v) is 10.4. The number of halogens is 4. The predicted octanol–water partition coefficient (Wildman–Crippen LogP) is 3.21. The van der Waals surface area contributed by atoms with Crippen molar-refractivity contribution >= 4 is 5.78 Å². The summed E-state index contributed by atoms with van der Waals surface area (Å²) in [7, 11) is 0.